The molecular formula is C14H17ClF3N3O. The summed E-state index contributed by atoms with van der Waals surface area (Å²) in [6.45, 7) is 1.94. The number of pyridine rings is 1. The summed E-state index contributed by atoms with van der Waals surface area (Å²) in [5.74, 6) is -1.42. The summed E-state index contributed by atoms with van der Waals surface area (Å²) in [4.78, 5) is 17.6. The molecule has 1 aromatic heterocycles. The lowest BCUT2D eigenvalue weighted by atomic mass is 9.96. The molecule has 8 heteroatoms. The van der Waals surface area contributed by atoms with Crippen LogP contribution in [0.1, 0.15) is 19.8 Å². The van der Waals surface area contributed by atoms with E-state index in [2.05, 4.69) is 10.3 Å². The second-order valence-corrected chi connectivity index (χ2v) is 5.84. The quantitative estimate of drug-likeness (QED) is 0.921. The van der Waals surface area contributed by atoms with Gasteiger partial charge in [-0.15, -0.1) is 0 Å². The fraction of sp³-hybridized carbons (Fsp3) is 0.571. The summed E-state index contributed by atoms with van der Waals surface area (Å²) >= 11 is 5.70. The minimum Gasteiger partial charge on any atom is -0.309 e. The normalized spacial score (nSPS) is 21.4. The molecule has 1 amide bonds. The SMILES string of the molecule is C[C@H](C(=O)Nc1ccc(Cl)cn1)N1CCC[C@@H](C(F)(F)F)C1. The highest BCUT2D eigenvalue weighted by molar-refractivity contribution is 6.30. The predicted octanol–water partition coefficient (Wildman–Crippen LogP) is 3.34. The van der Waals surface area contributed by atoms with Crippen molar-refractivity contribution in [1.82, 2.24) is 9.88 Å². The molecule has 122 valence electrons. The zero-order chi connectivity index (χ0) is 16.3. The van der Waals surface area contributed by atoms with E-state index < -0.39 is 18.1 Å². The number of likely N-dealkylation sites (tertiary alicyclic amines) is 1. The van der Waals surface area contributed by atoms with Crippen molar-refractivity contribution >= 4 is 23.3 Å². The van der Waals surface area contributed by atoms with Gasteiger partial charge in [0.1, 0.15) is 5.82 Å². The van der Waals surface area contributed by atoms with E-state index in [1.165, 1.54) is 6.20 Å². The van der Waals surface area contributed by atoms with Crippen molar-refractivity contribution in [3.63, 3.8) is 0 Å². The molecule has 0 saturated carbocycles. The number of carbonyl (C=O) groups excluding carboxylic acids is 1. The summed E-state index contributed by atoms with van der Waals surface area (Å²) in [5.41, 5.74) is 0. The number of aromatic nitrogens is 1. The Morgan fingerprint density at radius 3 is 2.82 bits per heavy atom. The summed E-state index contributed by atoms with van der Waals surface area (Å²) in [6, 6.07) is 2.47. The number of hydrogen-bond acceptors (Lipinski definition) is 3. The lowest BCUT2D eigenvalue weighted by Gasteiger charge is -2.36. The first-order valence-corrected chi connectivity index (χ1v) is 7.38. The van der Waals surface area contributed by atoms with Crippen LogP contribution in [0.2, 0.25) is 5.02 Å². The standard InChI is InChI=1S/C14H17ClF3N3O/c1-9(13(22)20-12-5-4-11(15)7-19-12)21-6-2-3-10(8-21)14(16,17)18/h4-5,7,9-10H,2-3,6,8H2,1H3,(H,19,20,22)/t9-,10-/m1/s1. The number of halogens is 4. The van der Waals surface area contributed by atoms with Crippen molar-refractivity contribution < 1.29 is 18.0 Å². The Labute approximate surface area is 131 Å². The van der Waals surface area contributed by atoms with Crippen molar-refractivity contribution in [1.29, 1.82) is 0 Å². The van der Waals surface area contributed by atoms with Gasteiger partial charge in [0.2, 0.25) is 5.91 Å². The number of hydrogen-bond donors (Lipinski definition) is 1. The molecule has 2 heterocycles. The van der Waals surface area contributed by atoms with Crippen LogP contribution in [0, 0.1) is 5.92 Å². The van der Waals surface area contributed by atoms with E-state index in [1.54, 1.807) is 24.0 Å². The Kier molecular flexibility index (Phi) is 5.28. The summed E-state index contributed by atoms with van der Waals surface area (Å²) in [6.07, 6.45) is -2.27. The number of nitrogens with zero attached hydrogens (tertiary/aromatic N) is 2. The van der Waals surface area contributed by atoms with Crippen LogP contribution in [0.5, 0.6) is 0 Å². The average Bonchev–Trinajstić information content (AvgIpc) is 2.48. The molecule has 0 aliphatic carbocycles. The highest BCUT2D eigenvalue weighted by Gasteiger charge is 2.43. The molecule has 22 heavy (non-hydrogen) atoms. The van der Waals surface area contributed by atoms with Crippen molar-refractivity contribution in [2.24, 2.45) is 5.92 Å². The van der Waals surface area contributed by atoms with Gasteiger partial charge in [0.15, 0.2) is 0 Å². The van der Waals surface area contributed by atoms with Crippen LogP contribution < -0.4 is 5.32 Å². The van der Waals surface area contributed by atoms with Gasteiger partial charge in [-0.3, -0.25) is 9.69 Å². The molecule has 1 aromatic rings. The molecule has 1 N–H and O–H groups in total. The number of carbonyl (C=O) groups is 1. The van der Waals surface area contributed by atoms with E-state index in [0.717, 1.165) is 0 Å². The molecule has 1 aliphatic heterocycles. The Morgan fingerprint density at radius 1 is 1.50 bits per heavy atom. The maximum absolute atomic E-state index is 12.8. The molecule has 1 aliphatic rings. The molecule has 2 atom stereocenters. The summed E-state index contributed by atoms with van der Waals surface area (Å²) < 4.78 is 38.4. The Morgan fingerprint density at radius 2 is 2.23 bits per heavy atom. The van der Waals surface area contributed by atoms with Gasteiger partial charge in [0.05, 0.1) is 17.0 Å². The Balaban J connectivity index is 1.96. The van der Waals surface area contributed by atoms with Gasteiger partial charge in [0.25, 0.3) is 0 Å². The van der Waals surface area contributed by atoms with Crippen LogP contribution in [0.15, 0.2) is 18.3 Å². The number of anilines is 1. The summed E-state index contributed by atoms with van der Waals surface area (Å²) in [7, 11) is 0. The largest absolute Gasteiger partial charge is 0.393 e. The fourth-order valence-electron chi connectivity index (χ4n) is 2.47. The second kappa shape index (κ2) is 6.83. The number of amides is 1. The van der Waals surface area contributed by atoms with Crippen molar-refractivity contribution in [3.05, 3.63) is 23.4 Å². The molecule has 0 bridgehead atoms. The van der Waals surface area contributed by atoms with Crippen LogP contribution in [0.3, 0.4) is 0 Å². The molecule has 0 radical (unpaired) electrons. The van der Waals surface area contributed by atoms with Gasteiger partial charge < -0.3 is 5.32 Å². The molecule has 4 nitrogen and oxygen atoms in total. The predicted molar refractivity (Wildman–Crippen MR) is 77.7 cm³/mol. The van der Waals surface area contributed by atoms with Gasteiger partial charge in [-0.05, 0) is 38.4 Å². The molecule has 1 fully saturated rings. The van der Waals surface area contributed by atoms with E-state index in [9.17, 15) is 18.0 Å². The summed E-state index contributed by atoms with van der Waals surface area (Å²) in [5, 5.41) is 3.03. The minimum atomic E-state index is -4.22. The van der Waals surface area contributed by atoms with E-state index in [4.69, 9.17) is 11.6 Å². The van der Waals surface area contributed by atoms with Gasteiger partial charge in [-0.1, -0.05) is 11.6 Å². The number of alkyl halides is 3. The smallest absolute Gasteiger partial charge is 0.309 e. The van der Waals surface area contributed by atoms with E-state index in [0.29, 0.717) is 23.8 Å². The van der Waals surface area contributed by atoms with E-state index in [-0.39, 0.29) is 18.9 Å². The van der Waals surface area contributed by atoms with E-state index >= 15 is 0 Å². The van der Waals surface area contributed by atoms with Gasteiger partial charge >= 0.3 is 6.18 Å². The maximum atomic E-state index is 12.8. The first-order valence-electron chi connectivity index (χ1n) is 7.00. The molecule has 0 aromatic carbocycles. The molecule has 1 saturated heterocycles. The van der Waals surface area contributed by atoms with Crippen LogP contribution >= 0.6 is 11.6 Å². The van der Waals surface area contributed by atoms with Crippen LogP contribution in [0.25, 0.3) is 0 Å². The first-order chi connectivity index (χ1) is 10.3. The van der Waals surface area contributed by atoms with Crippen LogP contribution in [-0.2, 0) is 4.79 Å². The monoisotopic (exact) mass is 335 g/mol. The lowest BCUT2D eigenvalue weighted by Crippen LogP contribution is -2.49. The third kappa shape index (κ3) is 4.33. The highest BCUT2D eigenvalue weighted by Crippen LogP contribution is 2.33. The molecule has 0 spiro atoms. The van der Waals surface area contributed by atoms with Gasteiger partial charge in [-0.2, -0.15) is 13.2 Å². The zero-order valence-corrected chi connectivity index (χ0v) is 12.8. The third-order valence-corrected chi connectivity index (χ3v) is 4.05. The Hall–Kier alpha value is -1.34. The highest BCUT2D eigenvalue weighted by atomic mass is 35.5. The van der Waals surface area contributed by atoms with Gasteiger partial charge in [-0.25, -0.2) is 4.98 Å². The topological polar surface area (TPSA) is 45.2 Å². The van der Waals surface area contributed by atoms with Gasteiger partial charge in [0, 0.05) is 12.7 Å². The first kappa shape index (κ1) is 17.0. The van der Waals surface area contributed by atoms with Crippen molar-refractivity contribution in [2.45, 2.75) is 32.0 Å². The number of nitrogens with one attached hydrogen (secondary N) is 1. The minimum absolute atomic E-state index is 0.118. The maximum Gasteiger partial charge on any atom is 0.393 e. The lowest BCUT2D eigenvalue weighted by molar-refractivity contribution is -0.188. The van der Waals surface area contributed by atoms with Crippen LogP contribution in [0.4, 0.5) is 19.0 Å². The number of piperidine rings is 1. The number of rotatable bonds is 3. The fourth-order valence-corrected chi connectivity index (χ4v) is 2.58. The molecule has 2 rings (SSSR count). The van der Waals surface area contributed by atoms with Crippen molar-refractivity contribution in [2.75, 3.05) is 18.4 Å². The molecular weight excluding hydrogens is 319 g/mol. The Bertz CT molecular complexity index is 521. The second-order valence-electron chi connectivity index (χ2n) is 5.40. The van der Waals surface area contributed by atoms with Crippen molar-refractivity contribution in [3.8, 4) is 0 Å². The third-order valence-electron chi connectivity index (χ3n) is 3.82. The average molecular weight is 336 g/mol. The van der Waals surface area contributed by atoms with E-state index in [1.807, 2.05) is 0 Å². The zero-order valence-electron chi connectivity index (χ0n) is 12.0. The van der Waals surface area contributed by atoms with Crippen LogP contribution in [-0.4, -0.2) is 41.1 Å². The molecule has 0 unspecified atom stereocenters.